The van der Waals surface area contributed by atoms with Crippen molar-refractivity contribution in [2.45, 2.75) is 19.3 Å². The van der Waals surface area contributed by atoms with Gasteiger partial charge in [0.05, 0.1) is 11.2 Å². The first-order valence-electron chi connectivity index (χ1n) is 9.38. The normalized spacial score (nSPS) is 15.2. The molecular formula is C24H18FNO3. The number of hydrogen-bond acceptors (Lipinski definition) is 4. The summed E-state index contributed by atoms with van der Waals surface area (Å²) in [7, 11) is 0. The predicted octanol–water partition coefficient (Wildman–Crippen LogP) is 4.93. The van der Waals surface area contributed by atoms with E-state index in [0.717, 1.165) is 16.5 Å². The quantitative estimate of drug-likeness (QED) is 0.542. The second-order valence-corrected chi connectivity index (χ2v) is 7.02. The molecule has 4 aromatic rings. The van der Waals surface area contributed by atoms with Crippen molar-refractivity contribution in [1.29, 1.82) is 0 Å². The molecule has 1 atom stereocenters. The summed E-state index contributed by atoms with van der Waals surface area (Å²) < 4.78 is 25.2. The van der Waals surface area contributed by atoms with Gasteiger partial charge in [-0.1, -0.05) is 30.3 Å². The van der Waals surface area contributed by atoms with Crippen molar-refractivity contribution in [2.24, 2.45) is 0 Å². The van der Waals surface area contributed by atoms with Gasteiger partial charge in [0.15, 0.2) is 0 Å². The monoisotopic (exact) mass is 387 g/mol. The van der Waals surface area contributed by atoms with Crippen molar-refractivity contribution in [1.82, 2.24) is 4.98 Å². The first kappa shape index (κ1) is 17.6. The van der Waals surface area contributed by atoms with Crippen molar-refractivity contribution in [3.63, 3.8) is 0 Å². The van der Waals surface area contributed by atoms with E-state index in [0.29, 0.717) is 34.9 Å². The van der Waals surface area contributed by atoms with E-state index in [4.69, 9.17) is 9.47 Å². The Labute approximate surface area is 167 Å². The van der Waals surface area contributed by atoms with Crippen LogP contribution in [0.1, 0.15) is 28.5 Å². The van der Waals surface area contributed by atoms with Gasteiger partial charge in [-0.3, -0.25) is 0 Å². The maximum Gasteiger partial charge on any atom is 0.130 e. The first-order valence-corrected chi connectivity index (χ1v) is 9.38. The number of aliphatic hydroxyl groups is 1. The van der Waals surface area contributed by atoms with E-state index in [1.807, 2.05) is 48.5 Å². The van der Waals surface area contributed by atoms with E-state index in [2.05, 4.69) is 4.98 Å². The lowest BCUT2D eigenvalue weighted by molar-refractivity contribution is 0.217. The molecule has 1 aliphatic rings. The third-order valence-corrected chi connectivity index (χ3v) is 5.11. The van der Waals surface area contributed by atoms with Gasteiger partial charge >= 0.3 is 0 Å². The van der Waals surface area contributed by atoms with Crippen LogP contribution in [-0.4, -0.2) is 10.1 Å². The third-order valence-electron chi connectivity index (χ3n) is 5.11. The van der Waals surface area contributed by atoms with Crippen LogP contribution in [-0.2, 0) is 13.2 Å². The number of benzene rings is 3. The Kier molecular flexibility index (Phi) is 4.37. The second kappa shape index (κ2) is 7.18. The number of pyridine rings is 1. The Hall–Kier alpha value is -3.44. The summed E-state index contributed by atoms with van der Waals surface area (Å²) in [6.45, 7) is 0.650. The van der Waals surface area contributed by atoms with Crippen molar-refractivity contribution < 1.29 is 19.0 Å². The molecule has 4 nitrogen and oxygen atoms in total. The number of halogens is 1. The van der Waals surface area contributed by atoms with Crippen LogP contribution in [0.5, 0.6) is 11.5 Å². The molecule has 29 heavy (non-hydrogen) atoms. The molecule has 0 saturated carbocycles. The number of aliphatic hydroxyl groups excluding tert-OH is 1. The van der Waals surface area contributed by atoms with Crippen molar-refractivity contribution >= 4 is 10.9 Å². The van der Waals surface area contributed by atoms with Crippen LogP contribution < -0.4 is 9.47 Å². The average molecular weight is 387 g/mol. The van der Waals surface area contributed by atoms with Gasteiger partial charge in [-0.2, -0.15) is 0 Å². The molecule has 1 aromatic heterocycles. The fourth-order valence-corrected chi connectivity index (χ4v) is 3.59. The molecule has 5 heteroatoms. The largest absolute Gasteiger partial charge is 0.488 e. The van der Waals surface area contributed by atoms with Crippen molar-refractivity contribution in [3.05, 3.63) is 101 Å². The van der Waals surface area contributed by atoms with Gasteiger partial charge in [-0.25, -0.2) is 9.37 Å². The minimum Gasteiger partial charge on any atom is -0.488 e. The highest BCUT2D eigenvalue weighted by molar-refractivity contribution is 5.78. The third kappa shape index (κ3) is 3.41. The van der Waals surface area contributed by atoms with Gasteiger partial charge in [-0.15, -0.1) is 0 Å². The Morgan fingerprint density at radius 2 is 1.86 bits per heavy atom. The summed E-state index contributed by atoms with van der Waals surface area (Å²) >= 11 is 0. The summed E-state index contributed by atoms with van der Waals surface area (Å²) in [4.78, 5) is 4.46. The summed E-state index contributed by atoms with van der Waals surface area (Å²) in [6, 6.07) is 21.4. The fourth-order valence-electron chi connectivity index (χ4n) is 3.59. The molecule has 1 aliphatic heterocycles. The Balaban J connectivity index is 1.40. The maximum atomic E-state index is 13.4. The smallest absolute Gasteiger partial charge is 0.130 e. The van der Waals surface area contributed by atoms with E-state index in [9.17, 15) is 9.50 Å². The molecule has 2 heterocycles. The second-order valence-electron chi connectivity index (χ2n) is 7.02. The van der Waals surface area contributed by atoms with Gasteiger partial charge in [-0.05, 0) is 47.5 Å². The minimum atomic E-state index is -0.783. The van der Waals surface area contributed by atoms with E-state index in [1.165, 1.54) is 12.1 Å². The van der Waals surface area contributed by atoms with Gasteiger partial charge in [0.25, 0.3) is 0 Å². The first-order chi connectivity index (χ1) is 14.2. The summed E-state index contributed by atoms with van der Waals surface area (Å²) in [5.41, 5.74) is 3.75. The Bertz CT molecular complexity index is 1210. The van der Waals surface area contributed by atoms with E-state index in [1.54, 1.807) is 12.1 Å². The number of ether oxygens (including phenoxy) is 2. The molecule has 0 amide bonds. The van der Waals surface area contributed by atoms with Gasteiger partial charge in [0.2, 0.25) is 0 Å². The van der Waals surface area contributed by atoms with E-state index < -0.39 is 6.10 Å². The SMILES string of the molecule is OC1c2ccccc2COc2ccc(OCc3ccc4ccc(F)cc4n3)cc21. The standard InChI is InChI=1S/C24H18FNO3/c25-17-7-5-15-6-8-18(26-22(15)11-17)14-28-19-9-10-23-21(12-19)24(27)20-4-2-1-3-16(20)13-29-23/h1-12,24,27H,13-14H2. The summed E-state index contributed by atoms with van der Waals surface area (Å²) in [5.74, 6) is 0.926. The Morgan fingerprint density at radius 3 is 2.79 bits per heavy atom. The molecule has 0 fully saturated rings. The molecule has 0 bridgehead atoms. The molecule has 3 aromatic carbocycles. The molecule has 0 radical (unpaired) electrons. The van der Waals surface area contributed by atoms with Crippen LogP contribution in [0, 0.1) is 5.82 Å². The minimum absolute atomic E-state index is 0.235. The van der Waals surface area contributed by atoms with Crippen molar-refractivity contribution in [3.8, 4) is 11.5 Å². The van der Waals surface area contributed by atoms with E-state index >= 15 is 0 Å². The maximum absolute atomic E-state index is 13.4. The van der Waals surface area contributed by atoms with Crippen LogP contribution in [0.15, 0.2) is 72.8 Å². The fraction of sp³-hybridized carbons (Fsp3) is 0.125. The highest BCUT2D eigenvalue weighted by Crippen LogP contribution is 2.37. The number of fused-ring (bicyclic) bond motifs is 3. The topological polar surface area (TPSA) is 51.6 Å². The highest BCUT2D eigenvalue weighted by Gasteiger charge is 2.23. The number of aromatic nitrogens is 1. The van der Waals surface area contributed by atoms with Crippen molar-refractivity contribution in [2.75, 3.05) is 0 Å². The molecule has 1 unspecified atom stereocenters. The molecule has 144 valence electrons. The molecule has 0 saturated heterocycles. The zero-order chi connectivity index (χ0) is 19.8. The van der Waals surface area contributed by atoms with Crippen LogP contribution in [0.4, 0.5) is 4.39 Å². The van der Waals surface area contributed by atoms with Gasteiger partial charge < -0.3 is 14.6 Å². The van der Waals surface area contributed by atoms with Crippen LogP contribution in [0.25, 0.3) is 10.9 Å². The number of hydrogen-bond donors (Lipinski definition) is 1. The van der Waals surface area contributed by atoms with Crippen LogP contribution in [0.2, 0.25) is 0 Å². The lowest BCUT2D eigenvalue weighted by Gasteiger charge is -2.15. The predicted molar refractivity (Wildman–Crippen MR) is 107 cm³/mol. The molecule has 0 spiro atoms. The van der Waals surface area contributed by atoms with E-state index in [-0.39, 0.29) is 12.4 Å². The highest BCUT2D eigenvalue weighted by atomic mass is 19.1. The zero-order valence-electron chi connectivity index (χ0n) is 15.5. The number of nitrogens with zero attached hydrogens (tertiary/aromatic N) is 1. The lowest BCUT2D eigenvalue weighted by Crippen LogP contribution is -2.02. The van der Waals surface area contributed by atoms with Crippen LogP contribution >= 0.6 is 0 Å². The molecule has 1 N–H and O–H groups in total. The Morgan fingerprint density at radius 1 is 1.00 bits per heavy atom. The average Bonchev–Trinajstić information content (AvgIpc) is 2.89. The summed E-state index contributed by atoms with van der Waals surface area (Å²) in [5, 5.41) is 11.7. The van der Waals surface area contributed by atoms with Crippen LogP contribution in [0.3, 0.4) is 0 Å². The zero-order valence-corrected chi connectivity index (χ0v) is 15.5. The lowest BCUT2D eigenvalue weighted by atomic mass is 9.97. The number of rotatable bonds is 3. The van der Waals surface area contributed by atoms with Gasteiger partial charge in [0, 0.05) is 17.0 Å². The summed E-state index contributed by atoms with van der Waals surface area (Å²) in [6.07, 6.45) is -0.783. The molecule has 5 rings (SSSR count). The van der Waals surface area contributed by atoms with Gasteiger partial charge in [0.1, 0.15) is 36.6 Å². The molecular weight excluding hydrogens is 369 g/mol. The molecule has 0 aliphatic carbocycles.